The highest BCUT2D eigenvalue weighted by Crippen LogP contribution is 2.30. The van der Waals surface area contributed by atoms with Crippen LogP contribution in [0.2, 0.25) is 0 Å². The van der Waals surface area contributed by atoms with E-state index < -0.39 is 0 Å². The van der Waals surface area contributed by atoms with Crippen molar-refractivity contribution in [2.75, 3.05) is 25.1 Å². The van der Waals surface area contributed by atoms with Gasteiger partial charge in [0.25, 0.3) is 0 Å². The lowest BCUT2D eigenvalue weighted by Crippen LogP contribution is -2.28. The minimum absolute atomic E-state index is 0.0322. The molecule has 0 radical (unpaired) electrons. The van der Waals surface area contributed by atoms with Crippen LogP contribution in [0.15, 0.2) is 18.2 Å². The van der Waals surface area contributed by atoms with Gasteiger partial charge in [-0.05, 0) is 38.0 Å². The Balaban J connectivity index is 1.73. The second-order valence-corrected chi connectivity index (χ2v) is 5.99. The Kier molecular flexibility index (Phi) is 4.36. The zero-order valence-electron chi connectivity index (χ0n) is 11.9. The molecule has 1 saturated heterocycles. The molecule has 1 amide bonds. The van der Waals surface area contributed by atoms with E-state index in [0.29, 0.717) is 25.0 Å². The van der Waals surface area contributed by atoms with Crippen LogP contribution in [-0.2, 0) is 9.53 Å². The third-order valence-corrected chi connectivity index (χ3v) is 4.43. The number of carbonyl (C=O) groups excluding carboxylic acids is 1. The van der Waals surface area contributed by atoms with Crippen LogP contribution >= 0.6 is 11.3 Å². The Hall–Kier alpha value is -1.66. The number of fused-ring (bicyclic) bond motifs is 1. The van der Waals surface area contributed by atoms with E-state index in [1.54, 1.807) is 0 Å². The summed E-state index contributed by atoms with van der Waals surface area (Å²) in [6.45, 7) is 3.92. The normalized spacial score (nSPS) is 16.0. The van der Waals surface area contributed by atoms with Crippen LogP contribution in [0.4, 0.5) is 5.13 Å². The lowest BCUT2D eigenvalue weighted by Gasteiger charge is -2.20. The van der Waals surface area contributed by atoms with Gasteiger partial charge in [-0.25, -0.2) is 4.98 Å². The number of nitrogens with one attached hydrogen (secondary N) is 1. The van der Waals surface area contributed by atoms with Crippen molar-refractivity contribution in [3.8, 4) is 5.75 Å². The van der Waals surface area contributed by atoms with Gasteiger partial charge in [-0.15, -0.1) is 0 Å². The van der Waals surface area contributed by atoms with Crippen molar-refractivity contribution in [3.05, 3.63) is 18.2 Å². The van der Waals surface area contributed by atoms with Gasteiger partial charge in [0.1, 0.15) is 5.75 Å². The Labute approximate surface area is 127 Å². The molecule has 1 aromatic carbocycles. The Bertz CT molecular complexity index is 635. The molecule has 1 fully saturated rings. The van der Waals surface area contributed by atoms with Crippen molar-refractivity contribution in [2.45, 2.75) is 19.8 Å². The average molecular weight is 306 g/mol. The first kappa shape index (κ1) is 14.3. The maximum atomic E-state index is 12.2. The van der Waals surface area contributed by atoms with Gasteiger partial charge in [-0.1, -0.05) is 11.3 Å². The molecule has 0 bridgehead atoms. The fourth-order valence-electron chi connectivity index (χ4n) is 2.38. The molecular weight excluding hydrogens is 288 g/mol. The van der Waals surface area contributed by atoms with Crippen molar-refractivity contribution >= 4 is 32.6 Å². The third-order valence-electron chi connectivity index (χ3n) is 3.49. The third kappa shape index (κ3) is 3.33. The number of hydrogen-bond donors (Lipinski definition) is 1. The minimum atomic E-state index is 0.0322. The van der Waals surface area contributed by atoms with Crippen molar-refractivity contribution < 1.29 is 14.3 Å². The van der Waals surface area contributed by atoms with E-state index in [0.717, 1.165) is 28.8 Å². The van der Waals surface area contributed by atoms with E-state index >= 15 is 0 Å². The first-order valence-electron chi connectivity index (χ1n) is 7.18. The van der Waals surface area contributed by atoms with E-state index in [1.807, 2.05) is 25.1 Å². The zero-order valence-corrected chi connectivity index (χ0v) is 12.7. The van der Waals surface area contributed by atoms with Crippen LogP contribution in [0.1, 0.15) is 19.8 Å². The van der Waals surface area contributed by atoms with Crippen molar-refractivity contribution in [3.63, 3.8) is 0 Å². The van der Waals surface area contributed by atoms with Gasteiger partial charge in [0.05, 0.1) is 16.8 Å². The summed E-state index contributed by atoms with van der Waals surface area (Å²) < 4.78 is 11.8. The van der Waals surface area contributed by atoms with E-state index in [2.05, 4.69) is 10.3 Å². The lowest BCUT2D eigenvalue weighted by molar-refractivity contribution is -0.122. The first-order valence-corrected chi connectivity index (χ1v) is 8.00. The van der Waals surface area contributed by atoms with Gasteiger partial charge in [0.15, 0.2) is 5.13 Å². The number of amides is 1. The smallest absolute Gasteiger partial charge is 0.229 e. The summed E-state index contributed by atoms with van der Waals surface area (Å²) in [6, 6.07) is 5.77. The van der Waals surface area contributed by atoms with E-state index in [1.165, 1.54) is 11.3 Å². The van der Waals surface area contributed by atoms with E-state index in [9.17, 15) is 4.79 Å². The van der Waals surface area contributed by atoms with Crippen molar-refractivity contribution in [1.29, 1.82) is 0 Å². The SMILES string of the molecule is CCOc1ccc2nc(NC(=O)C3CCOCC3)sc2c1. The standard InChI is InChI=1S/C15H18N2O3S/c1-2-20-11-3-4-12-13(9-11)21-15(16-12)17-14(18)10-5-7-19-8-6-10/h3-4,9-10H,2,5-8H2,1H3,(H,16,17,18). The number of thiazole rings is 1. The second kappa shape index (κ2) is 6.41. The summed E-state index contributed by atoms with van der Waals surface area (Å²) in [5, 5.41) is 3.57. The summed E-state index contributed by atoms with van der Waals surface area (Å²) in [6.07, 6.45) is 1.57. The molecular formula is C15H18N2O3S. The molecule has 5 nitrogen and oxygen atoms in total. The molecule has 1 aliphatic rings. The summed E-state index contributed by atoms with van der Waals surface area (Å²) in [5.74, 6) is 0.906. The molecule has 112 valence electrons. The van der Waals surface area contributed by atoms with E-state index in [4.69, 9.17) is 9.47 Å². The molecule has 3 rings (SSSR count). The van der Waals surface area contributed by atoms with Crippen LogP contribution in [0.25, 0.3) is 10.2 Å². The summed E-state index contributed by atoms with van der Waals surface area (Å²) >= 11 is 1.48. The molecule has 1 N–H and O–H groups in total. The highest BCUT2D eigenvalue weighted by atomic mass is 32.1. The molecule has 1 aliphatic heterocycles. The van der Waals surface area contributed by atoms with Crippen LogP contribution in [0, 0.1) is 5.92 Å². The minimum Gasteiger partial charge on any atom is -0.494 e. The van der Waals surface area contributed by atoms with Gasteiger partial charge < -0.3 is 14.8 Å². The number of benzene rings is 1. The number of hydrogen-bond acceptors (Lipinski definition) is 5. The molecule has 2 aromatic rings. The monoisotopic (exact) mass is 306 g/mol. The fourth-order valence-corrected chi connectivity index (χ4v) is 3.28. The molecule has 6 heteroatoms. The highest BCUT2D eigenvalue weighted by molar-refractivity contribution is 7.22. The van der Waals surface area contributed by atoms with Gasteiger partial charge in [0.2, 0.25) is 5.91 Å². The number of carbonyl (C=O) groups is 1. The molecule has 21 heavy (non-hydrogen) atoms. The van der Waals surface area contributed by atoms with Crippen LogP contribution in [0.3, 0.4) is 0 Å². The van der Waals surface area contributed by atoms with Crippen molar-refractivity contribution in [2.24, 2.45) is 5.92 Å². The molecule has 0 atom stereocenters. The summed E-state index contributed by atoms with van der Waals surface area (Å²) in [7, 11) is 0. The molecule has 0 aliphatic carbocycles. The quantitative estimate of drug-likeness (QED) is 0.943. The van der Waals surface area contributed by atoms with Gasteiger partial charge in [0, 0.05) is 19.1 Å². The second-order valence-electron chi connectivity index (χ2n) is 4.96. The first-order chi connectivity index (χ1) is 10.3. The molecule has 1 aromatic heterocycles. The number of rotatable bonds is 4. The number of nitrogens with zero attached hydrogens (tertiary/aromatic N) is 1. The average Bonchev–Trinajstić information content (AvgIpc) is 2.90. The van der Waals surface area contributed by atoms with Gasteiger partial charge >= 0.3 is 0 Å². The van der Waals surface area contributed by atoms with Gasteiger partial charge in [-0.2, -0.15) is 0 Å². The predicted octanol–water partition coefficient (Wildman–Crippen LogP) is 3.06. The lowest BCUT2D eigenvalue weighted by atomic mass is 10.00. The zero-order chi connectivity index (χ0) is 14.7. The molecule has 2 heterocycles. The Morgan fingerprint density at radius 3 is 3.05 bits per heavy atom. The van der Waals surface area contributed by atoms with Crippen LogP contribution < -0.4 is 10.1 Å². The largest absolute Gasteiger partial charge is 0.494 e. The number of ether oxygens (including phenoxy) is 2. The summed E-state index contributed by atoms with van der Waals surface area (Å²) in [4.78, 5) is 16.6. The maximum Gasteiger partial charge on any atom is 0.229 e. The maximum absolute atomic E-state index is 12.2. The summed E-state index contributed by atoms with van der Waals surface area (Å²) in [5.41, 5.74) is 0.880. The Morgan fingerprint density at radius 2 is 2.29 bits per heavy atom. The number of anilines is 1. The molecule has 0 saturated carbocycles. The van der Waals surface area contributed by atoms with Crippen molar-refractivity contribution in [1.82, 2.24) is 4.98 Å². The van der Waals surface area contributed by atoms with E-state index in [-0.39, 0.29) is 11.8 Å². The number of aromatic nitrogens is 1. The van der Waals surface area contributed by atoms with Crippen LogP contribution in [-0.4, -0.2) is 30.7 Å². The molecule has 0 spiro atoms. The van der Waals surface area contributed by atoms with Crippen LogP contribution in [0.5, 0.6) is 5.75 Å². The highest BCUT2D eigenvalue weighted by Gasteiger charge is 2.22. The molecule has 0 unspecified atom stereocenters. The predicted molar refractivity (Wildman–Crippen MR) is 83.0 cm³/mol. The fraction of sp³-hybridized carbons (Fsp3) is 0.467. The topological polar surface area (TPSA) is 60.5 Å². The Morgan fingerprint density at radius 1 is 1.48 bits per heavy atom. The van der Waals surface area contributed by atoms with Gasteiger partial charge in [-0.3, -0.25) is 4.79 Å².